The maximum Gasteiger partial charge on any atom is 0.432 e. The lowest BCUT2D eigenvalue weighted by Gasteiger charge is -2.08. The number of carbonyl (C=O) groups is 2. The fourth-order valence-corrected chi connectivity index (χ4v) is 2.25. The molecule has 0 radical (unpaired) electrons. The summed E-state index contributed by atoms with van der Waals surface area (Å²) in [5.41, 5.74) is 3.69. The summed E-state index contributed by atoms with van der Waals surface area (Å²) in [6.07, 6.45) is -4.91. The first-order valence-electron chi connectivity index (χ1n) is 6.81. The average molecular weight is 360 g/mol. The highest BCUT2D eigenvalue weighted by molar-refractivity contribution is 6.30. The normalized spacial score (nSPS) is 11.3. The molecular formula is C15H13ClF3N3O2. The summed E-state index contributed by atoms with van der Waals surface area (Å²) in [6, 6.07) is 7.29. The molecule has 0 bridgehead atoms. The zero-order valence-corrected chi connectivity index (χ0v) is 13.0. The Morgan fingerprint density at radius 3 is 2.54 bits per heavy atom. The minimum absolute atomic E-state index is 0.102. The molecule has 0 fully saturated rings. The molecule has 0 saturated carbocycles. The van der Waals surface area contributed by atoms with Crippen molar-refractivity contribution in [3.63, 3.8) is 0 Å². The van der Waals surface area contributed by atoms with Gasteiger partial charge in [0, 0.05) is 23.7 Å². The van der Waals surface area contributed by atoms with Gasteiger partial charge in [0.1, 0.15) is 5.69 Å². The number of halogens is 4. The van der Waals surface area contributed by atoms with Crippen molar-refractivity contribution in [1.82, 2.24) is 10.3 Å². The Kier molecular flexibility index (Phi) is 5.18. The number of benzene rings is 1. The molecule has 2 rings (SSSR count). The molecule has 2 amide bonds. The van der Waals surface area contributed by atoms with Crippen LogP contribution in [0.2, 0.25) is 5.02 Å². The van der Waals surface area contributed by atoms with E-state index in [1.54, 1.807) is 18.2 Å². The lowest BCUT2D eigenvalue weighted by Crippen LogP contribution is -2.29. The number of nitrogens with one attached hydrogen (secondary N) is 2. The topological polar surface area (TPSA) is 88.0 Å². The maximum atomic E-state index is 13.2. The number of rotatable bonds is 5. The number of aromatic amines is 1. The van der Waals surface area contributed by atoms with Gasteiger partial charge in [0.15, 0.2) is 0 Å². The number of nitrogens with two attached hydrogens (primary N) is 1. The molecule has 1 heterocycles. The molecule has 1 aromatic carbocycles. The van der Waals surface area contributed by atoms with E-state index < -0.39 is 29.2 Å². The predicted octanol–water partition coefficient (Wildman–Crippen LogP) is 2.96. The molecule has 24 heavy (non-hydrogen) atoms. The highest BCUT2D eigenvalue weighted by Crippen LogP contribution is 2.34. The largest absolute Gasteiger partial charge is 0.432 e. The summed E-state index contributed by atoms with van der Waals surface area (Å²) < 4.78 is 39.5. The second-order valence-electron chi connectivity index (χ2n) is 4.95. The first-order chi connectivity index (χ1) is 11.2. The van der Waals surface area contributed by atoms with Gasteiger partial charge in [-0.15, -0.1) is 0 Å². The van der Waals surface area contributed by atoms with E-state index in [2.05, 4.69) is 10.3 Å². The number of H-pyrrole nitrogens is 1. The van der Waals surface area contributed by atoms with Crippen molar-refractivity contribution < 1.29 is 22.8 Å². The van der Waals surface area contributed by atoms with Crippen LogP contribution in [0.3, 0.4) is 0 Å². The number of carbonyl (C=O) groups excluding carboxylic acids is 2. The van der Waals surface area contributed by atoms with Gasteiger partial charge >= 0.3 is 6.18 Å². The van der Waals surface area contributed by atoms with Crippen LogP contribution >= 0.6 is 11.6 Å². The zero-order chi connectivity index (χ0) is 17.9. The van der Waals surface area contributed by atoms with Crippen LogP contribution in [0.25, 0.3) is 11.3 Å². The third-order valence-electron chi connectivity index (χ3n) is 3.14. The minimum atomic E-state index is -4.74. The van der Waals surface area contributed by atoms with E-state index in [4.69, 9.17) is 17.3 Å². The molecule has 0 unspecified atom stereocenters. The maximum absolute atomic E-state index is 13.2. The Hall–Kier alpha value is -2.48. The van der Waals surface area contributed by atoms with Crippen molar-refractivity contribution in [3.8, 4) is 11.3 Å². The molecule has 2 aromatic rings. The van der Waals surface area contributed by atoms with Crippen LogP contribution in [0.5, 0.6) is 0 Å². The van der Waals surface area contributed by atoms with Crippen molar-refractivity contribution in [3.05, 3.63) is 46.6 Å². The molecule has 9 heteroatoms. The van der Waals surface area contributed by atoms with Gasteiger partial charge in [-0.25, -0.2) is 0 Å². The molecule has 0 saturated heterocycles. The average Bonchev–Trinajstić information content (AvgIpc) is 2.92. The molecule has 128 valence electrons. The van der Waals surface area contributed by atoms with E-state index in [9.17, 15) is 22.8 Å². The van der Waals surface area contributed by atoms with Gasteiger partial charge in [0.25, 0.3) is 5.91 Å². The predicted molar refractivity (Wildman–Crippen MR) is 82.4 cm³/mol. The van der Waals surface area contributed by atoms with Crippen LogP contribution < -0.4 is 11.1 Å². The van der Waals surface area contributed by atoms with Gasteiger partial charge in [-0.05, 0) is 23.8 Å². The van der Waals surface area contributed by atoms with Crippen LogP contribution in [0.4, 0.5) is 13.2 Å². The lowest BCUT2D eigenvalue weighted by molar-refractivity contribution is -0.141. The lowest BCUT2D eigenvalue weighted by atomic mass is 10.1. The Morgan fingerprint density at radius 2 is 1.96 bits per heavy atom. The highest BCUT2D eigenvalue weighted by atomic mass is 35.5. The van der Waals surface area contributed by atoms with Crippen molar-refractivity contribution >= 4 is 23.4 Å². The molecular weight excluding hydrogens is 347 g/mol. The first kappa shape index (κ1) is 17.9. The number of amides is 2. The summed E-state index contributed by atoms with van der Waals surface area (Å²) in [5.74, 6) is -1.62. The van der Waals surface area contributed by atoms with Gasteiger partial charge in [0.2, 0.25) is 5.91 Å². The van der Waals surface area contributed by atoms with Crippen LogP contribution in [0.15, 0.2) is 30.3 Å². The van der Waals surface area contributed by atoms with Gasteiger partial charge in [-0.1, -0.05) is 23.7 Å². The molecule has 0 aliphatic heterocycles. The Morgan fingerprint density at radius 1 is 1.25 bits per heavy atom. The van der Waals surface area contributed by atoms with Crippen LogP contribution in [0, 0.1) is 0 Å². The summed E-state index contributed by atoms with van der Waals surface area (Å²) in [7, 11) is 0. The summed E-state index contributed by atoms with van der Waals surface area (Å²) in [5, 5.41) is 2.58. The Labute approximate surface area is 140 Å². The van der Waals surface area contributed by atoms with Crippen LogP contribution in [-0.4, -0.2) is 23.3 Å². The van der Waals surface area contributed by atoms with Crippen LogP contribution in [-0.2, 0) is 11.0 Å². The SMILES string of the molecule is NC(=O)CCNC(=O)c1cc(-c2cccc(Cl)c2)[nH]c1C(F)(F)F. The third kappa shape index (κ3) is 4.29. The monoisotopic (exact) mass is 359 g/mol. The second kappa shape index (κ2) is 6.96. The fraction of sp³-hybridized carbons (Fsp3) is 0.200. The summed E-state index contributed by atoms with van der Waals surface area (Å²) in [6.45, 7) is -0.150. The summed E-state index contributed by atoms with van der Waals surface area (Å²) >= 11 is 5.83. The first-order valence-corrected chi connectivity index (χ1v) is 7.19. The van der Waals surface area contributed by atoms with Crippen LogP contribution in [0.1, 0.15) is 22.5 Å². The molecule has 5 nitrogen and oxygen atoms in total. The van der Waals surface area contributed by atoms with Crippen molar-refractivity contribution in [2.45, 2.75) is 12.6 Å². The Balaban J connectivity index is 2.35. The highest BCUT2D eigenvalue weighted by Gasteiger charge is 2.37. The smallest absolute Gasteiger partial charge is 0.370 e. The van der Waals surface area contributed by atoms with E-state index in [0.717, 1.165) is 6.07 Å². The quantitative estimate of drug-likeness (QED) is 0.766. The van der Waals surface area contributed by atoms with E-state index >= 15 is 0 Å². The van der Waals surface area contributed by atoms with Gasteiger partial charge in [-0.3, -0.25) is 9.59 Å². The third-order valence-corrected chi connectivity index (χ3v) is 3.37. The second-order valence-corrected chi connectivity index (χ2v) is 5.39. The number of aromatic nitrogens is 1. The zero-order valence-electron chi connectivity index (χ0n) is 12.2. The number of hydrogen-bond acceptors (Lipinski definition) is 2. The molecule has 0 aliphatic carbocycles. The number of hydrogen-bond donors (Lipinski definition) is 3. The van der Waals surface area contributed by atoms with E-state index in [0.29, 0.717) is 10.6 Å². The van der Waals surface area contributed by atoms with Crippen molar-refractivity contribution in [1.29, 1.82) is 0 Å². The van der Waals surface area contributed by atoms with Gasteiger partial charge < -0.3 is 16.0 Å². The van der Waals surface area contributed by atoms with E-state index in [-0.39, 0.29) is 18.7 Å². The fourth-order valence-electron chi connectivity index (χ4n) is 2.06. The Bertz CT molecular complexity index is 772. The van der Waals surface area contributed by atoms with E-state index in [1.165, 1.54) is 6.07 Å². The molecule has 0 atom stereocenters. The number of primary amides is 1. The molecule has 0 spiro atoms. The van der Waals surface area contributed by atoms with Gasteiger partial charge in [0.05, 0.1) is 5.56 Å². The van der Waals surface area contributed by atoms with Crippen molar-refractivity contribution in [2.75, 3.05) is 6.54 Å². The van der Waals surface area contributed by atoms with Gasteiger partial charge in [-0.2, -0.15) is 13.2 Å². The summed E-state index contributed by atoms with van der Waals surface area (Å²) in [4.78, 5) is 24.8. The molecule has 0 aliphatic rings. The standard InChI is InChI=1S/C15H13ClF3N3O2/c16-9-3-1-2-8(6-9)11-7-10(13(22-11)15(17,18)19)14(24)21-5-4-12(20)23/h1-3,6-7,22H,4-5H2,(H2,20,23)(H,21,24). The minimum Gasteiger partial charge on any atom is -0.370 e. The molecule has 1 aromatic heterocycles. The van der Waals surface area contributed by atoms with Crippen molar-refractivity contribution in [2.24, 2.45) is 5.73 Å². The molecule has 4 N–H and O–H groups in total. The number of alkyl halides is 3. The van der Waals surface area contributed by atoms with E-state index in [1.807, 2.05) is 0 Å².